The highest BCUT2D eigenvalue weighted by Gasteiger charge is 2.71. The third kappa shape index (κ3) is 10.9. The van der Waals surface area contributed by atoms with Gasteiger partial charge in [0.1, 0.15) is 24.6 Å². The van der Waals surface area contributed by atoms with Crippen molar-refractivity contribution in [2.75, 3.05) is 11.9 Å². The fourth-order valence-corrected chi connectivity index (χ4v) is 22.8. The highest BCUT2D eigenvalue weighted by Crippen LogP contribution is 2.62. The Morgan fingerprint density at radius 2 is 1.47 bits per heavy atom. The van der Waals surface area contributed by atoms with Crippen LogP contribution in [0.5, 0.6) is 0 Å². The molecule has 2 aliphatic rings. The molecule has 4 atom stereocenters. The van der Waals surface area contributed by atoms with E-state index < -0.39 is 51.7 Å². The maximum atomic E-state index is 13.2. The van der Waals surface area contributed by atoms with E-state index in [1.807, 2.05) is 32.1 Å². The summed E-state index contributed by atoms with van der Waals surface area (Å²) in [5.41, 5.74) is 4.03. The summed E-state index contributed by atoms with van der Waals surface area (Å²) >= 11 is 0. The molecule has 328 valence electrons. The molecule has 2 aliphatic heterocycles. The summed E-state index contributed by atoms with van der Waals surface area (Å²) in [4.78, 5) is 26.7. The Morgan fingerprint density at radius 3 is 2.07 bits per heavy atom. The van der Waals surface area contributed by atoms with E-state index >= 15 is 0 Å². The van der Waals surface area contributed by atoms with Gasteiger partial charge in [0.25, 0.3) is 0 Å². The van der Waals surface area contributed by atoms with Gasteiger partial charge in [-0.2, -0.15) is 0 Å². The number of hydrogen-bond donors (Lipinski definition) is 2. The first-order valence-electron chi connectivity index (χ1n) is 21.4. The average molecular weight is 850 g/mol. The van der Waals surface area contributed by atoms with Crippen molar-refractivity contribution >= 4 is 40.0 Å². The third-order valence-corrected chi connectivity index (χ3v) is 22.7. The number of imidazole rings is 1. The number of aliphatic hydroxyl groups excluding tert-OH is 1. The molecule has 0 unspecified atom stereocenters. The van der Waals surface area contributed by atoms with Crippen LogP contribution in [0.15, 0.2) is 71.9 Å². The van der Waals surface area contributed by atoms with Gasteiger partial charge in [-0.1, -0.05) is 151 Å². The molecule has 13 heteroatoms. The van der Waals surface area contributed by atoms with Crippen molar-refractivity contribution in [3.05, 3.63) is 71.9 Å². The Morgan fingerprint density at radius 1 is 0.881 bits per heavy atom. The third-order valence-electron chi connectivity index (χ3n) is 11.3. The lowest BCUT2D eigenvalue weighted by atomic mass is 10.0. The normalized spacial score (nSPS) is 23.9. The molecule has 0 radical (unpaired) electrons. The number of aliphatic hydroxyl groups is 1. The minimum absolute atomic E-state index is 0.197. The van der Waals surface area contributed by atoms with Crippen molar-refractivity contribution in [2.24, 2.45) is 5.92 Å². The predicted octanol–water partition coefficient (Wildman–Crippen LogP) is 11.3. The number of fused-ring (bicyclic) bond motifs is 2. The van der Waals surface area contributed by atoms with Crippen molar-refractivity contribution in [2.45, 2.75) is 182 Å². The predicted molar refractivity (Wildman–Crippen MR) is 244 cm³/mol. The van der Waals surface area contributed by atoms with Crippen LogP contribution >= 0.6 is 0 Å². The zero-order valence-corrected chi connectivity index (χ0v) is 41.2. The molecule has 4 rings (SSSR count). The zero-order valence-electron chi connectivity index (χ0n) is 39.2. The highest BCUT2D eigenvalue weighted by atomic mass is 28.5. The van der Waals surface area contributed by atoms with Crippen LogP contribution in [0.3, 0.4) is 0 Å². The van der Waals surface area contributed by atoms with Crippen molar-refractivity contribution in [1.29, 1.82) is 0 Å². The van der Waals surface area contributed by atoms with Gasteiger partial charge in [0, 0.05) is 26.2 Å². The first-order chi connectivity index (χ1) is 27.1. The van der Waals surface area contributed by atoms with E-state index in [0.29, 0.717) is 11.2 Å². The Bertz CT molecular complexity index is 1910. The molecular formula is C46H75N5O6Si2. The number of carbonyl (C=O) groups is 1. The Kier molecular flexibility index (Phi) is 15.3. The molecule has 2 saturated heterocycles. The molecule has 0 saturated carbocycles. The number of nitrogens with one attached hydrogen (secondary N) is 1. The molecular weight excluding hydrogens is 775 g/mol. The largest absolute Gasteiger partial charge is 0.413 e. The number of amides is 1. The molecule has 1 amide bonds. The minimum atomic E-state index is -3.31. The number of allylic oxidation sites excluding steroid dienone is 9. The van der Waals surface area contributed by atoms with E-state index in [0.717, 1.165) is 23.5 Å². The van der Waals surface area contributed by atoms with Crippen LogP contribution in [0, 0.1) is 5.92 Å². The van der Waals surface area contributed by atoms with Gasteiger partial charge in [-0.3, -0.25) is 9.36 Å². The molecule has 59 heavy (non-hydrogen) atoms. The number of nitrogens with zero attached hydrogens (tertiary/aromatic N) is 4. The molecule has 0 aliphatic carbocycles. The lowest BCUT2D eigenvalue weighted by Gasteiger charge is -2.60. The topological polar surface area (TPSA) is 130 Å². The Hall–Kier alpha value is -3.05. The van der Waals surface area contributed by atoms with Gasteiger partial charge in [0.05, 0.1) is 12.9 Å². The average Bonchev–Trinajstić information content (AvgIpc) is 3.62. The van der Waals surface area contributed by atoms with Crippen LogP contribution in [-0.4, -0.2) is 72.6 Å². The number of aromatic nitrogens is 4. The fraction of sp³-hybridized carbons (Fsp3) is 0.652. The van der Waals surface area contributed by atoms with Crippen LogP contribution < -0.4 is 5.32 Å². The van der Waals surface area contributed by atoms with E-state index in [2.05, 4.69) is 142 Å². The van der Waals surface area contributed by atoms with Crippen molar-refractivity contribution in [3.63, 3.8) is 0 Å². The van der Waals surface area contributed by atoms with E-state index in [4.69, 9.17) is 17.7 Å². The summed E-state index contributed by atoms with van der Waals surface area (Å²) in [7, 11) is -6.43. The number of anilines is 1. The van der Waals surface area contributed by atoms with Gasteiger partial charge in [0.2, 0.25) is 5.91 Å². The summed E-state index contributed by atoms with van der Waals surface area (Å²) in [6.07, 6.45) is 16.9. The van der Waals surface area contributed by atoms with Gasteiger partial charge >= 0.3 is 17.1 Å². The van der Waals surface area contributed by atoms with E-state index in [1.54, 1.807) is 10.9 Å². The molecule has 2 fully saturated rings. The van der Waals surface area contributed by atoms with Crippen LogP contribution in [0.4, 0.5) is 5.82 Å². The second kappa shape index (κ2) is 18.5. The number of ether oxygens (including phenoxy) is 1. The number of rotatable bonds is 11. The molecule has 2 aromatic rings. The second-order valence-corrected chi connectivity index (χ2v) is 30.9. The number of hydrogen-bond acceptors (Lipinski definition) is 9. The monoisotopic (exact) mass is 850 g/mol. The van der Waals surface area contributed by atoms with Gasteiger partial charge in [0.15, 0.2) is 23.2 Å². The summed E-state index contributed by atoms with van der Waals surface area (Å²) in [6, 6.07) is 0. The van der Waals surface area contributed by atoms with Crippen LogP contribution in [0.25, 0.3) is 11.2 Å². The summed E-state index contributed by atoms with van der Waals surface area (Å²) in [5, 5.41) is 13.6. The first-order valence-corrected chi connectivity index (χ1v) is 25.0. The van der Waals surface area contributed by atoms with E-state index in [-0.39, 0.29) is 28.4 Å². The van der Waals surface area contributed by atoms with Crippen molar-refractivity contribution < 1.29 is 27.6 Å². The van der Waals surface area contributed by atoms with E-state index in [9.17, 15) is 9.90 Å². The molecule has 4 heterocycles. The van der Waals surface area contributed by atoms with Crippen molar-refractivity contribution in [3.8, 4) is 0 Å². The van der Waals surface area contributed by atoms with Crippen molar-refractivity contribution in [1.82, 2.24) is 19.5 Å². The SMILES string of the molecule is CC(/C=C/C=C(\C)CCCC(C)C)=C\C=C\C(C)=C\C(=O)Nc1ncnc2c1ncn2[C@@H]1O[C@@H]2CO[Si](C(C)(C)C)(C(C)(C)C)O[Si](C(C)(C)C)(C(C)(C)C)O[C@H]2[C@@H]1O. The first kappa shape index (κ1) is 48.6. The van der Waals surface area contributed by atoms with Gasteiger partial charge < -0.3 is 28.1 Å². The Balaban J connectivity index is 1.56. The van der Waals surface area contributed by atoms with Gasteiger partial charge in [-0.05, 0) is 45.1 Å². The summed E-state index contributed by atoms with van der Waals surface area (Å²) in [5.74, 6) is 0.641. The molecule has 0 aromatic carbocycles. The maximum Gasteiger partial charge on any atom is 0.341 e. The molecule has 0 spiro atoms. The highest BCUT2D eigenvalue weighted by molar-refractivity contribution is 6.86. The fourth-order valence-electron chi connectivity index (χ4n) is 8.71. The van der Waals surface area contributed by atoms with E-state index in [1.165, 1.54) is 30.8 Å². The smallest absolute Gasteiger partial charge is 0.341 e. The van der Waals surface area contributed by atoms with Crippen LogP contribution in [0.1, 0.15) is 143 Å². The summed E-state index contributed by atoms with van der Waals surface area (Å²) in [6.45, 7) is 37.1. The second-order valence-electron chi connectivity index (χ2n) is 21.1. The molecule has 2 aromatic heterocycles. The zero-order chi connectivity index (χ0) is 44.4. The quantitative estimate of drug-likeness (QED) is 0.129. The summed E-state index contributed by atoms with van der Waals surface area (Å²) < 4.78 is 30.6. The van der Waals surface area contributed by atoms with Gasteiger partial charge in [-0.15, -0.1) is 0 Å². The standard InChI is InChI=1S/C46H75N5O6Si2/c1-31(2)21-18-22-32(3)23-19-24-33(4)25-20-26-34(5)27-36(52)50-40-37-41(48-29-47-40)51(30-49-37)42-38(53)39-35(55-42)28-54-58(43(6,7)8,44(9,10)11)57-59(56-39,45(12,13)14)46(15,16)17/h19-20,23-27,29-31,35,38-39,42,53H,18,21-22,28H2,1-17H3,(H,47,48,50,52)/b24-19+,26-20+,32-23+,33-25+,34-27+/t35-,38+,39-,42-/m1/s1. The van der Waals surface area contributed by atoms with Crippen LogP contribution in [0.2, 0.25) is 20.2 Å². The van der Waals surface area contributed by atoms with Gasteiger partial charge in [-0.25, -0.2) is 15.0 Å². The van der Waals surface area contributed by atoms with Crippen LogP contribution in [-0.2, 0) is 22.5 Å². The molecule has 2 N–H and O–H groups in total. The lowest BCUT2D eigenvalue weighted by molar-refractivity contribution is -0.112. The maximum absolute atomic E-state index is 13.2. The molecule has 11 nitrogen and oxygen atoms in total. The number of carbonyl (C=O) groups excluding carboxylic acids is 1. The molecule has 0 bridgehead atoms. The Labute approximate surface area is 357 Å². The lowest BCUT2D eigenvalue weighted by Crippen LogP contribution is -2.72. The minimum Gasteiger partial charge on any atom is -0.413 e.